The van der Waals surface area contributed by atoms with Crippen LogP contribution in [-0.2, 0) is 0 Å². The van der Waals surface area contributed by atoms with E-state index in [2.05, 4.69) is 56.1 Å². The van der Waals surface area contributed by atoms with Crippen LogP contribution in [0.2, 0.25) is 0 Å². The van der Waals surface area contributed by atoms with Crippen molar-refractivity contribution >= 4 is 0 Å². The molecule has 1 aliphatic rings. The molecule has 0 amide bonds. The zero-order valence-corrected chi connectivity index (χ0v) is 14.0. The van der Waals surface area contributed by atoms with Crippen molar-refractivity contribution in [3.05, 3.63) is 35.9 Å². The van der Waals surface area contributed by atoms with E-state index in [9.17, 15) is 0 Å². The number of benzene rings is 1. The number of hydrogen-bond donors (Lipinski definition) is 1. The Morgan fingerprint density at radius 1 is 1.19 bits per heavy atom. The number of rotatable bonds is 6. The van der Waals surface area contributed by atoms with Gasteiger partial charge >= 0.3 is 0 Å². The predicted octanol–water partition coefficient (Wildman–Crippen LogP) is 4.02. The monoisotopic (exact) mass is 288 g/mol. The maximum atomic E-state index is 6.19. The summed E-state index contributed by atoms with van der Waals surface area (Å²) in [7, 11) is 2.28. The molecule has 1 aromatic rings. The average Bonchev–Trinajstić information content (AvgIpc) is 2.53. The number of nitrogens with two attached hydrogens (primary N) is 1. The summed E-state index contributed by atoms with van der Waals surface area (Å²) >= 11 is 0. The van der Waals surface area contributed by atoms with Crippen LogP contribution in [-0.4, -0.2) is 30.6 Å². The van der Waals surface area contributed by atoms with E-state index in [1.807, 2.05) is 0 Å². The first-order valence-electron chi connectivity index (χ1n) is 8.53. The van der Waals surface area contributed by atoms with Crippen LogP contribution < -0.4 is 5.73 Å². The van der Waals surface area contributed by atoms with Gasteiger partial charge in [0.25, 0.3) is 0 Å². The molecule has 1 aliphatic carbocycles. The average molecular weight is 288 g/mol. The Balaban J connectivity index is 1.95. The Kier molecular flexibility index (Phi) is 5.83. The molecule has 1 aromatic carbocycles. The molecule has 118 valence electrons. The molecule has 0 heterocycles. The summed E-state index contributed by atoms with van der Waals surface area (Å²) < 4.78 is 0. The molecule has 21 heavy (non-hydrogen) atoms. The van der Waals surface area contributed by atoms with Gasteiger partial charge in [0.15, 0.2) is 0 Å². The second-order valence-corrected chi connectivity index (χ2v) is 7.22. The molecule has 0 radical (unpaired) electrons. The third-order valence-corrected chi connectivity index (χ3v) is 5.42. The normalized spacial score (nSPS) is 26.5. The Hall–Kier alpha value is -0.860. The molecule has 0 aliphatic heterocycles. The van der Waals surface area contributed by atoms with Crippen molar-refractivity contribution in [1.82, 2.24) is 4.90 Å². The molecule has 2 rings (SSSR count). The second-order valence-electron chi connectivity index (χ2n) is 7.22. The first kappa shape index (κ1) is 16.5. The van der Waals surface area contributed by atoms with Crippen molar-refractivity contribution < 1.29 is 0 Å². The first-order chi connectivity index (χ1) is 10.1. The summed E-state index contributed by atoms with van der Waals surface area (Å²) in [5.74, 6) is 1.49. The Morgan fingerprint density at radius 2 is 1.81 bits per heavy atom. The van der Waals surface area contributed by atoms with Gasteiger partial charge in [0, 0.05) is 12.1 Å². The van der Waals surface area contributed by atoms with E-state index in [0.717, 1.165) is 18.4 Å². The SMILES string of the molecule is CC(C)CCN(C)C1(CN)CCC(c2ccccc2)CC1. The summed E-state index contributed by atoms with van der Waals surface area (Å²) in [5, 5.41) is 0. The van der Waals surface area contributed by atoms with Crippen molar-refractivity contribution in [1.29, 1.82) is 0 Å². The third kappa shape index (κ3) is 4.08. The van der Waals surface area contributed by atoms with Crippen molar-refractivity contribution in [2.24, 2.45) is 11.7 Å². The fraction of sp³-hybridized carbons (Fsp3) is 0.684. The predicted molar refractivity (Wildman–Crippen MR) is 91.5 cm³/mol. The highest BCUT2D eigenvalue weighted by molar-refractivity contribution is 5.20. The van der Waals surface area contributed by atoms with Gasteiger partial charge in [-0.1, -0.05) is 44.2 Å². The van der Waals surface area contributed by atoms with E-state index in [1.54, 1.807) is 0 Å². The summed E-state index contributed by atoms with van der Waals surface area (Å²) in [6, 6.07) is 11.0. The minimum atomic E-state index is 0.236. The lowest BCUT2D eigenvalue weighted by Crippen LogP contribution is -2.54. The van der Waals surface area contributed by atoms with Crippen molar-refractivity contribution in [3.63, 3.8) is 0 Å². The van der Waals surface area contributed by atoms with Crippen LogP contribution >= 0.6 is 0 Å². The molecule has 2 nitrogen and oxygen atoms in total. The van der Waals surface area contributed by atoms with Crippen LogP contribution in [0.15, 0.2) is 30.3 Å². The summed E-state index contributed by atoms with van der Waals surface area (Å²) in [6.07, 6.45) is 6.27. The molecule has 0 saturated heterocycles. The minimum Gasteiger partial charge on any atom is -0.329 e. The van der Waals surface area contributed by atoms with Crippen LogP contribution in [0.5, 0.6) is 0 Å². The molecule has 0 spiro atoms. The highest BCUT2D eigenvalue weighted by Gasteiger charge is 2.37. The minimum absolute atomic E-state index is 0.236. The maximum absolute atomic E-state index is 6.19. The fourth-order valence-corrected chi connectivity index (χ4v) is 3.64. The van der Waals surface area contributed by atoms with Crippen LogP contribution in [0, 0.1) is 5.92 Å². The van der Waals surface area contributed by atoms with Gasteiger partial charge in [0.2, 0.25) is 0 Å². The van der Waals surface area contributed by atoms with Gasteiger partial charge in [-0.05, 0) is 63.1 Å². The molecule has 0 unspecified atom stereocenters. The van der Waals surface area contributed by atoms with Crippen molar-refractivity contribution in [2.75, 3.05) is 20.1 Å². The number of nitrogens with zero attached hydrogens (tertiary/aromatic N) is 1. The van der Waals surface area contributed by atoms with E-state index in [0.29, 0.717) is 0 Å². The summed E-state index contributed by atoms with van der Waals surface area (Å²) in [4.78, 5) is 2.55. The topological polar surface area (TPSA) is 29.3 Å². The quantitative estimate of drug-likeness (QED) is 0.856. The van der Waals surface area contributed by atoms with Gasteiger partial charge in [0.1, 0.15) is 0 Å². The molecule has 0 aromatic heterocycles. The highest BCUT2D eigenvalue weighted by Crippen LogP contribution is 2.40. The molecule has 1 saturated carbocycles. The second kappa shape index (κ2) is 7.42. The van der Waals surface area contributed by atoms with E-state index in [4.69, 9.17) is 5.73 Å². The highest BCUT2D eigenvalue weighted by atomic mass is 15.2. The van der Waals surface area contributed by atoms with Gasteiger partial charge in [-0.15, -0.1) is 0 Å². The fourth-order valence-electron chi connectivity index (χ4n) is 3.64. The molecular formula is C19H32N2. The van der Waals surface area contributed by atoms with Gasteiger partial charge < -0.3 is 5.73 Å². The van der Waals surface area contributed by atoms with Gasteiger partial charge in [0.05, 0.1) is 0 Å². The smallest absolute Gasteiger partial charge is 0.0329 e. The van der Waals surface area contributed by atoms with Crippen LogP contribution in [0.25, 0.3) is 0 Å². The zero-order valence-electron chi connectivity index (χ0n) is 14.0. The van der Waals surface area contributed by atoms with Crippen LogP contribution in [0.1, 0.15) is 57.4 Å². The molecular weight excluding hydrogens is 256 g/mol. The van der Waals surface area contributed by atoms with E-state index >= 15 is 0 Å². The van der Waals surface area contributed by atoms with E-state index in [-0.39, 0.29) is 5.54 Å². The van der Waals surface area contributed by atoms with Gasteiger partial charge in [-0.3, -0.25) is 4.90 Å². The molecule has 2 N–H and O–H groups in total. The van der Waals surface area contributed by atoms with Gasteiger partial charge in [-0.2, -0.15) is 0 Å². The summed E-state index contributed by atoms with van der Waals surface area (Å²) in [6.45, 7) is 6.57. The molecule has 0 atom stereocenters. The lowest BCUT2D eigenvalue weighted by molar-refractivity contribution is 0.0721. The largest absolute Gasteiger partial charge is 0.329 e. The van der Waals surface area contributed by atoms with Crippen LogP contribution in [0.4, 0.5) is 0 Å². The zero-order chi connectivity index (χ0) is 15.3. The molecule has 0 bridgehead atoms. The van der Waals surface area contributed by atoms with Crippen molar-refractivity contribution in [2.45, 2.75) is 57.4 Å². The third-order valence-electron chi connectivity index (χ3n) is 5.42. The molecule has 1 fully saturated rings. The number of likely N-dealkylation sites (N-methyl/N-ethyl adjacent to an activating group) is 1. The lowest BCUT2D eigenvalue weighted by atomic mass is 9.73. The first-order valence-corrected chi connectivity index (χ1v) is 8.53. The number of hydrogen-bond acceptors (Lipinski definition) is 2. The van der Waals surface area contributed by atoms with E-state index in [1.165, 1.54) is 44.2 Å². The lowest BCUT2D eigenvalue weighted by Gasteiger charge is -2.46. The van der Waals surface area contributed by atoms with Gasteiger partial charge in [-0.25, -0.2) is 0 Å². The molecule has 2 heteroatoms. The Labute approximate surface area is 130 Å². The van der Waals surface area contributed by atoms with Crippen molar-refractivity contribution in [3.8, 4) is 0 Å². The standard InChI is InChI=1S/C19H32N2/c1-16(2)11-14-21(3)19(15-20)12-9-18(10-13-19)17-7-5-4-6-8-17/h4-8,16,18H,9-15,20H2,1-3H3. The Bertz CT molecular complexity index is 405. The summed E-state index contributed by atoms with van der Waals surface area (Å²) in [5.41, 5.74) is 7.93. The van der Waals surface area contributed by atoms with E-state index < -0.39 is 0 Å². The maximum Gasteiger partial charge on any atom is 0.0329 e. The Morgan fingerprint density at radius 3 is 2.33 bits per heavy atom. The van der Waals surface area contributed by atoms with Crippen LogP contribution in [0.3, 0.4) is 0 Å².